The molecule has 24 atom stereocenters. The number of Topliss-reactive ketones (excluding diaryl/α,β-unsaturated/α-hetero) is 1. The van der Waals surface area contributed by atoms with Gasteiger partial charge in [-0.3, -0.25) is 4.79 Å². The maximum Gasteiger partial charge on any atom is 0.187 e. The van der Waals surface area contributed by atoms with E-state index in [2.05, 4.69) is 26.8 Å². The molecule has 3 saturated carbocycles. The number of rotatable bonds is 14. The Labute approximate surface area is 397 Å². The van der Waals surface area contributed by atoms with Crippen molar-refractivity contribution in [3.63, 3.8) is 0 Å². The minimum absolute atomic E-state index is 0.0434. The number of hydrogen-bond donors (Lipinski definition) is 13. The Kier molecular flexibility index (Phi) is 15.6. The molecule has 0 radical (unpaired) electrons. The van der Waals surface area contributed by atoms with Crippen molar-refractivity contribution in [1.29, 1.82) is 0 Å². The van der Waals surface area contributed by atoms with Gasteiger partial charge in [0.1, 0.15) is 79.0 Å². The summed E-state index contributed by atoms with van der Waals surface area (Å²) in [6, 6.07) is 0. The normalized spacial score (nSPS) is 49.8. The van der Waals surface area contributed by atoms with Crippen LogP contribution in [0.5, 0.6) is 0 Å². The van der Waals surface area contributed by atoms with Gasteiger partial charge in [-0.25, -0.2) is 0 Å². The number of allylic oxidation sites excluding steroid dienone is 1. The molecule has 6 fully saturated rings. The second kappa shape index (κ2) is 19.5. The molecule has 0 aromatic carbocycles. The van der Waals surface area contributed by atoms with Crippen molar-refractivity contribution in [3.8, 4) is 0 Å². The molecule has 3 heterocycles. The zero-order chi connectivity index (χ0) is 50.4. The van der Waals surface area contributed by atoms with E-state index in [1.54, 1.807) is 6.92 Å². The van der Waals surface area contributed by atoms with E-state index in [0.29, 0.717) is 25.7 Å². The van der Waals surface area contributed by atoms with Crippen molar-refractivity contribution in [1.82, 2.24) is 0 Å². The van der Waals surface area contributed by atoms with Gasteiger partial charge in [-0.05, 0) is 94.3 Å². The first-order valence-electron chi connectivity index (χ1n) is 24.4. The Morgan fingerprint density at radius 2 is 1.22 bits per heavy atom. The van der Waals surface area contributed by atoms with Gasteiger partial charge in [-0.1, -0.05) is 46.3 Å². The quantitative estimate of drug-likeness (QED) is 0.0860. The lowest BCUT2D eigenvalue weighted by Crippen LogP contribution is -2.64. The van der Waals surface area contributed by atoms with Gasteiger partial charge >= 0.3 is 0 Å². The fourth-order valence-electron chi connectivity index (χ4n) is 13.9. The lowest BCUT2D eigenvalue weighted by Gasteiger charge is -2.65. The molecule has 68 heavy (non-hydrogen) atoms. The van der Waals surface area contributed by atoms with Gasteiger partial charge < -0.3 is 94.8 Å². The number of hydrogen-bond acceptors (Lipinski definition) is 20. The van der Waals surface area contributed by atoms with Crippen LogP contribution < -0.4 is 0 Å². The van der Waals surface area contributed by atoms with E-state index in [1.165, 1.54) is 13.8 Å². The highest BCUT2D eigenvalue weighted by molar-refractivity contribution is 5.88. The predicted octanol–water partition coefficient (Wildman–Crippen LogP) is -1.73. The summed E-state index contributed by atoms with van der Waals surface area (Å²) in [5, 5.41) is 138. The molecule has 7 aliphatic rings. The third-order valence-electron chi connectivity index (χ3n) is 18.4. The number of aliphatic hydroxyl groups excluding tert-OH is 11. The van der Waals surface area contributed by atoms with Crippen LogP contribution in [0.15, 0.2) is 11.6 Å². The van der Waals surface area contributed by atoms with Crippen molar-refractivity contribution in [2.24, 2.45) is 39.4 Å². The maximum atomic E-state index is 15.0. The Balaban J connectivity index is 1.04. The lowest BCUT2D eigenvalue weighted by atomic mass is 9.38. The highest BCUT2D eigenvalue weighted by atomic mass is 16.7. The molecule has 20 heteroatoms. The van der Waals surface area contributed by atoms with Gasteiger partial charge in [0.05, 0.1) is 43.2 Å². The SMILES string of the molecule is CC(C)(O)C(CCC(C)(O)C1CCC2(C)C3CC=C4C(CCC(OC5OC(CO)C(O)C(O)C5O)C4(C)C)C3(C)C(=O)CC12C)OC1OC(COC2OC(CO)C(O)C(O)C2O)C(O)C(O)C1O. The predicted molar refractivity (Wildman–Crippen MR) is 235 cm³/mol. The van der Waals surface area contributed by atoms with Crippen LogP contribution >= 0.6 is 0 Å². The number of carbonyl (C=O) groups excluding carboxylic acids is 1. The van der Waals surface area contributed by atoms with E-state index >= 15 is 4.79 Å². The Hall–Kier alpha value is -1.35. The standard InChI is InChI=1S/C48H80O20/c1-43(2)21-9-11-27-45(5)15-13-26(46(45,6)17-28(51)48(27,8)22(21)10-12-29(43)67-41-38(59)35(56)32(53)24(19-50)65-41)47(7,62)16-14-30(44(3,4)61)68-42-39(60)36(57)33(54)25(66-42)20-63-40-37(58)34(55)31(52)23(18-49)64-40/h9,22-27,29-42,49-50,52-62H,10-20H2,1-8H3. The molecule has 0 bridgehead atoms. The zero-order valence-corrected chi connectivity index (χ0v) is 40.6. The third-order valence-corrected chi connectivity index (χ3v) is 18.4. The van der Waals surface area contributed by atoms with Crippen LogP contribution in [-0.4, -0.2) is 208 Å². The van der Waals surface area contributed by atoms with Gasteiger partial charge in [0.15, 0.2) is 18.9 Å². The molecule has 0 amide bonds. The maximum absolute atomic E-state index is 15.0. The van der Waals surface area contributed by atoms with Crippen LogP contribution in [0.3, 0.4) is 0 Å². The third kappa shape index (κ3) is 9.10. The molecule has 0 aromatic heterocycles. The van der Waals surface area contributed by atoms with Crippen molar-refractivity contribution >= 4 is 5.78 Å². The van der Waals surface area contributed by atoms with Crippen LogP contribution in [0.1, 0.15) is 107 Å². The fourth-order valence-corrected chi connectivity index (χ4v) is 13.9. The topological polar surface area (TPSA) is 335 Å². The van der Waals surface area contributed by atoms with Gasteiger partial charge in [0.25, 0.3) is 0 Å². The summed E-state index contributed by atoms with van der Waals surface area (Å²) >= 11 is 0. The lowest BCUT2D eigenvalue weighted by molar-refractivity contribution is -0.341. The second-order valence-corrected chi connectivity index (χ2v) is 23.1. The summed E-state index contributed by atoms with van der Waals surface area (Å²) < 4.78 is 35.1. The highest BCUT2D eigenvalue weighted by Crippen LogP contribution is 2.74. The Morgan fingerprint density at radius 3 is 1.79 bits per heavy atom. The largest absolute Gasteiger partial charge is 0.394 e. The van der Waals surface area contributed by atoms with E-state index in [9.17, 15) is 66.4 Å². The van der Waals surface area contributed by atoms with E-state index < -0.39 is 152 Å². The Bertz CT molecular complexity index is 1800. The molecule has 4 aliphatic carbocycles. The molecule has 13 N–H and O–H groups in total. The number of aliphatic hydroxyl groups is 13. The second-order valence-electron chi connectivity index (χ2n) is 23.1. The minimum atomic E-state index is -1.81. The fraction of sp³-hybridized carbons (Fsp3) is 0.938. The molecule has 0 spiro atoms. The molecule has 7 rings (SSSR count). The first kappa shape index (κ1) is 54.4. The van der Waals surface area contributed by atoms with E-state index in [-0.39, 0.29) is 48.2 Å². The van der Waals surface area contributed by atoms with E-state index in [4.69, 9.17) is 28.4 Å². The molecule has 20 nitrogen and oxygen atoms in total. The number of ketones is 1. The summed E-state index contributed by atoms with van der Waals surface area (Å²) in [4.78, 5) is 15.0. The van der Waals surface area contributed by atoms with Crippen LogP contribution in [0.25, 0.3) is 0 Å². The Morgan fingerprint density at radius 1 is 0.691 bits per heavy atom. The molecule has 3 aliphatic heterocycles. The number of ether oxygens (including phenoxy) is 6. The van der Waals surface area contributed by atoms with E-state index in [1.807, 2.05) is 13.8 Å². The van der Waals surface area contributed by atoms with Crippen LogP contribution in [0.4, 0.5) is 0 Å². The summed E-state index contributed by atoms with van der Waals surface area (Å²) in [5.41, 5.74) is -4.25. The number of fused-ring (bicyclic) bond motifs is 5. The first-order valence-corrected chi connectivity index (χ1v) is 24.4. The number of carbonyl (C=O) groups is 1. The smallest absolute Gasteiger partial charge is 0.187 e. The van der Waals surface area contributed by atoms with Gasteiger partial charge in [0.2, 0.25) is 0 Å². The molecular weight excluding hydrogens is 897 g/mol. The van der Waals surface area contributed by atoms with Crippen molar-refractivity contribution in [3.05, 3.63) is 11.6 Å². The summed E-state index contributed by atoms with van der Waals surface area (Å²) in [7, 11) is 0. The van der Waals surface area contributed by atoms with Gasteiger partial charge in [-0.15, -0.1) is 0 Å². The molecule has 24 unspecified atom stereocenters. The average molecular weight is 977 g/mol. The van der Waals surface area contributed by atoms with Crippen LogP contribution in [0.2, 0.25) is 0 Å². The van der Waals surface area contributed by atoms with E-state index in [0.717, 1.165) is 12.0 Å². The summed E-state index contributed by atoms with van der Waals surface area (Å²) in [6.07, 6.45) is -19.1. The molecular formula is C48H80O20. The zero-order valence-electron chi connectivity index (χ0n) is 40.6. The highest BCUT2D eigenvalue weighted by Gasteiger charge is 2.72. The first-order chi connectivity index (χ1) is 31.5. The van der Waals surface area contributed by atoms with Crippen molar-refractivity contribution < 1.29 is 99.6 Å². The summed E-state index contributed by atoms with van der Waals surface area (Å²) in [5.74, 6) is -0.402. The van der Waals surface area contributed by atoms with Gasteiger partial charge in [-0.2, -0.15) is 0 Å². The van der Waals surface area contributed by atoms with Crippen LogP contribution in [0, 0.1) is 39.4 Å². The minimum Gasteiger partial charge on any atom is -0.394 e. The van der Waals surface area contributed by atoms with Gasteiger partial charge in [0, 0.05) is 17.3 Å². The average Bonchev–Trinajstić information content (AvgIpc) is 3.55. The van der Waals surface area contributed by atoms with Crippen LogP contribution in [-0.2, 0) is 33.2 Å². The monoisotopic (exact) mass is 977 g/mol. The molecule has 0 aromatic rings. The summed E-state index contributed by atoms with van der Waals surface area (Å²) in [6.45, 7) is 13.4. The van der Waals surface area contributed by atoms with Crippen molar-refractivity contribution in [2.75, 3.05) is 19.8 Å². The molecule has 392 valence electrons. The molecule has 3 saturated heterocycles. The van der Waals surface area contributed by atoms with Crippen molar-refractivity contribution in [2.45, 2.75) is 222 Å².